The summed E-state index contributed by atoms with van der Waals surface area (Å²) in [5, 5.41) is 10.9. The molecule has 146 valence electrons. The molecule has 0 bridgehead atoms. The molecule has 0 radical (unpaired) electrons. The maximum atomic E-state index is 12.9. The fraction of sp³-hybridized carbons (Fsp3) is 0.136. The van der Waals surface area contributed by atoms with E-state index in [2.05, 4.69) is 15.4 Å². The Kier molecular flexibility index (Phi) is 5.47. The second-order valence-corrected chi connectivity index (χ2v) is 7.97. The third-order valence-electron chi connectivity index (χ3n) is 4.52. The molecule has 0 aliphatic heterocycles. The number of nitrogens with zero attached hydrogens (tertiary/aromatic N) is 3. The van der Waals surface area contributed by atoms with Gasteiger partial charge in [0.2, 0.25) is 0 Å². The molecule has 0 aliphatic rings. The largest absolute Gasteiger partial charge is 0.346 e. The van der Waals surface area contributed by atoms with Gasteiger partial charge in [0.1, 0.15) is 5.01 Å². The van der Waals surface area contributed by atoms with E-state index >= 15 is 0 Å². The summed E-state index contributed by atoms with van der Waals surface area (Å²) in [6.07, 6.45) is 0. The average Bonchev–Trinajstić information content (AvgIpc) is 3.32. The van der Waals surface area contributed by atoms with Crippen molar-refractivity contribution in [3.8, 4) is 21.8 Å². The molecule has 0 spiro atoms. The number of hydrogen-bond donors (Lipinski definition) is 1. The van der Waals surface area contributed by atoms with E-state index in [1.165, 1.54) is 0 Å². The first-order valence-corrected chi connectivity index (χ1v) is 10.4. The number of carbonyl (C=O) groups is 1. The maximum Gasteiger partial charge on any atom is 0.252 e. The van der Waals surface area contributed by atoms with Gasteiger partial charge in [-0.2, -0.15) is 5.10 Å². The van der Waals surface area contributed by atoms with Crippen LogP contribution in [0, 0.1) is 6.92 Å². The van der Waals surface area contributed by atoms with Crippen molar-refractivity contribution < 1.29 is 4.79 Å². The summed E-state index contributed by atoms with van der Waals surface area (Å²) in [6, 6.07) is 17.1. The van der Waals surface area contributed by atoms with E-state index in [0.29, 0.717) is 17.1 Å². The predicted octanol–water partition coefficient (Wildman–Crippen LogP) is 5.10. The molecule has 1 N–H and O–H groups in total. The zero-order valence-corrected chi connectivity index (χ0v) is 17.6. The van der Waals surface area contributed by atoms with Gasteiger partial charge >= 0.3 is 0 Å². The zero-order chi connectivity index (χ0) is 20.4. The van der Waals surface area contributed by atoms with Crippen molar-refractivity contribution in [1.82, 2.24) is 20.1 Å². The number of aromatic nitrogens is 3. The van der Waals surface area contributed by atoms with Crippen LogP contribution in [0.2, 0.25) is 5.02 Å². The minimum absolute atomic E-state index is 0.138. The van der Waals surface area contributed by atoms with E-state index in [1.807, 2.05) is 73.9 Å². The Morgan fingerprint density at radius 1 is 1.17 bits per heavy atom. The van der Waals surface area contributed by atoms with Crippen molar-refractivity contribution in [2.45, 2.75) is 13.5 Å². The summed E-state index contributed by atoms with van der Waals surface area (Å²) in [5.74, 6) is -0.138. The second-order valence-electron chi connectivity index (χ2n) is 6.67. The Hall–Kier alpha value is -2.96. The number of rotatable bonds is 5. The maximum absolute atomic E-state index is 12.9. The van der Waals surface area contributed by atoms with Crippen LogP contribution in [-0.2, 0) is 13.6 Å². The van der Waals surface area contributed by atoms with Gasteiger partial charge in [0.15, 0.2) is 0 Å². The van der Waals surface area contributed by atoms with Crippen molar-refractivity contribution in [3.05, 3.63) is 82.0 Å². The fourth-order valence-corrected chi connectivity index (χ4v) is 4.10. The lowest BCUT2D eigenvalue weighted by molar-refractivity contribution is 0.0951. The van der Waals surface area contributed by atoms with Crippen LogP contribution in [0.5, 0.6) is 0 Å². The Balaban J connectivity index is 1.50. The van der Waals surface area contributed by atoms with Crippen molar-refractivity contribution in [3.63, 3.8) is 0 Å². The number of hydrogen-bond acceptors (Lipinski definition) is 4. The minimum atomic E-state index is -0.138. The summed E-state index contributed by atoms with van der Waals surface area (Å²) in [5.41, 5.74) is 5.12. The van der Waals surface area contributed by atoms with Gasteiger partial charge in [-0.05, 0) is 31.2 Å². The molecule has 0 saturated carbocycles. The van der Waals surface area contributed by atoms with Crippen molar-refractivity contribution in [2.75, 3.05) is 0 Å². The minimum Gasteiger partial charge on any atom is -0.346 e. The molecule has 1 amide bonds. The second kappa shape index (κ2) is 8.19. The lowest BCUT2D eigenvalue weighted by Gasteiger charge is -2.10. The number of benzene rings is 2. The number of halogens is 1. The number of aryl methyl sites for hydroxylation is 2. The molecule has 0 saturated heterocycles. The number of carbonyl (C=O) groups excluding carboxylic acids is 1. The fourth-order valence-electron chi connectivity index (χ4n) is 3.15. The van der Waals surface area contributed by atoms with Crippen molar-refractivity contribution in [2.24, 2.45) is 7.05 Å². The zero-order valence-electron chi connectivity index (χ0n) is 16.0. The van der Waals surface area contributed by atoms with Gasteiger partial charge in [-0.15, -0.1) is 11.3 Å². The molecule has 0 aliphatic carbocycles. The van der Waals surface area contributed by atoms with Crippen LogP contribution in [-0.4, -0.2) is 20.7 Å². The van der Waals surface area contributed by atoms with Crippen LogP contribution in [0.25, 0.3) is 21.8 Å². The topological polar surface area (TPSA) is 59.8 Å². The van der Waals surface area contributed by atoms with E-state index in [4.69, 9.17) is 11.6 Å². The van der Waals surface area contributed by atoms with Crippen LogP contribution < -0.4 is 5.32 Å². The molecule has 2 heterocycles. The van der Waals surface area contributed by atoms with E-state index < -0.39 is 0 Å². The van der Waals surface area contributed by atoms with Crippen molar-refractivity contribution >= 4 is 28.8 Å². The Labute approximate surface area is 178 Å². The lowest BCUT2D eigenvalue weighted by atomic mass is 10.0. The molecule has 5 nitrogen and oxygen atoms in total. The molecule has 0 fully saturated rings. The van der Waals surface area contributed by atoms with E-state index in [1.54, 1.807) is 16.0 Å². The highest BCUT2D eigenvalue weighted by molar-refractivity contribution is 7.13. The third kappa shape index (κ3) is 4.23. The smallest absolute Gasteiger partial charge is 0.252 e. The predicted molar refractivity (Wildman–Crippen MR) is 117 cm³/mol. The van der Waals surface area contributed by atoms with Gasteiger partial charge in [-0.25, -0.2) is 4.98 Å². The molecule has 4 aromatic rings. The highest BCUT2D eigenvalue weighted by Gasteiger charge is 2.15. The lowest BCUT2D eigenvalue weighted by Crippen LogP contribution is -2.23. The van der Waals surface area contributed by atoms with Crippen molar-refractivity contribution in [1.29, 1.82) is 0 Å². The van der Waals surface area contributed by atoms with Gasteiger partial charge < -0.3 is 5.32 Å². The molecule has 2 aromatic carbocycles. The highest BCUT2D eigenvalue weighted by Crippen LogP contribution is 2.26. The average molecular weight is 423 g/mol. The molecular weight excluding hydrogens is 404 g/mol. The first-order valence-electron chi connectivity index (χ1n) is 9.10. The van der Waals surface area contributed by atoms with E-state index in [0.717, 1.165) is 33.2 Å². The molecule has 7 heteroatoms. The van der Waals surface area contributed by atoms with Crippen LogP contribution in [0.15, 0.2) is 60.0 Å². The van der Waals surface area contributed by atoms with Gasteiger partial charge in [-0.3, -0.25) is 9.48 Å². The molecular formula is C22H19ClN4OS. The van der Waals surface area contributed by atoms with Crippen LogP contribution in [0.4, 0.5) is 0 Å². The standard InChI is InChI=1S/C22H19ClN4OS/c1-14-11-20(27(2)26-14)18-5-3-4-6-19(18)21(28)24-12-17-13-29-22(25-17)15-7-9-16(23)10-8-15/h3-11,13H,12H2,1-2H3,(H,24,28). The number of amides is 1. The molecule has 0 unspecified atom stereocenters. The first kappa shape index (κ1) is 19.4. The summed E-state index contributed by atoms with van der Waals surface area (Å²) >= 11 is 7.49. The van der Waals surface area contributed by atoms with Crippen LogP contribution in [0.1, 0.15) is 21.7 Å². The van der Waals surface area contributed by atoms with E-state index in [9.17, 15) is 4.79 Å². The van der Waals surface area contributed by atoms with Crippen LogP contribution >= 0.6 is 22.9 Å². The summed E-state index contributed by atoms with van der Waals surface area (Å²) in [4.78, 5) is 17.5. The van der Waals surface area contributed by atoms with Gasteiger partial charge in [-0.1, -0.05) is 41.9 Å². The molecule has 29 heavy (non-hydrogen) atoms. The quantitative estimate of drug-likeness (QED) is 0.486. The summed E-state index contributed by atoms with van der Waals surface area (Å²) in [6.45, 7) is 2.30. The number of thiazole rings is 1. The Morgan fingerprint density at radius 2 is 1.93 bits per heavy atom. The highest BCUT2D eigenvalue weighted by atomic mass is 35.5. The van der Waals surface area contributed by atoms with Crippen LogP contribution in [0.3, 0.4) is 0 Å². The monoisotopic (exact) mass is 422 g/mol. The summed E-state index contributed by atoms with van der Waals surface area (Å²) in [7, 11) is 1.88. The van der Waals surface area contributed by atoms with Gasteiger partial charge in [0, 0.05) is 34.1 Å². The summed E-state index contributed by atoms with van der Waals surface area (Å²) < 4.78 is 1.79. The molecule has 4 rings (SSSR count). The first-order chi connectivity index (χ1) is 14.0. The van der Waals surface area contributed by atoms with Gasteiger partial charge in [0.25, 0.3) is 5.91 Å². The third-order valence-corrected chi connectivity index (χ3v) is 5.71. The molecule has 0 atom stereocenters. The SMILES string of the molecule is Cc1cc(-c2ccccc2C(=O)NCc2csc(-c3ccc(Cl)cc3)n2)n(C)n1. The van der Waals surface area contributed by atoms with E-state index in [-0.39, 0.29) is 5.91 Å². The number of nitrogens with one attached hydrogen (secondary N) is 1. The van der Waals surface area contributed by atoms with Gasteiger partial charge in [0.05, 0.1) is 23.6 Å². The Morgan fingerprint density at radius 3 is 2.66 bits per heavy atom. The normalized spacial score (nSPS) is 10.9. The Bertz CT molecular complexity index is 1160. The molecule has 2 aromatic heterocycles.